The number of hydrogen-bond acceptors (Lipinski definition) is 2. The van der Waals surface area contributed by atoms with Gasteiger partial charge in [0.25, 0.3) is 0 Å². The first kappa shape index (κ1) is 16.9. The van der Waals surface area contributed by atoms with Gasteiger partial charge >= 0.3 is 0 Å². The molecule has 0 aliphatic carbocycles. The fraction of sp³-hybridized carbons (Fsp3) is 0.579. The largest absolute Gasteiger partial charge is 0.491 e. The number of nitrogens with zero attached hydrogens (tertiary/aromatic N) is 1. The van der Waals surface area contributed by atoms with E-state index in [-0.39, 0.29) is 6.10 Å². The molecule has 0 saturated carbocycles. The van der Waals surface area contributed by atoms with E-state index in [1.165, 1.54) is 22.2 Å². The molecule has 0 aliphatic heterocycles. The highest BCUT2D eigenvalue weighted by Crippen LogP contribution is 2.30. The van der Waals surface area contributed by atoms with Crippen LogP contribution < -0.4 is 10.1 Å². The zero-order valence-electron chi connectivity index (χ0n) is 14.9. The van der Waals surface area contributed by atoms with Gasteiger partial charge in [-0.2, -0.15) is 0 Å². The van der Waals surface area contributed by atoms with Gasteiger partial charge in [0.15, 0.2) is 0 Å². The number of ether oxygens (including phenoxy) is 1. The highest BCUT2D eigenvalue weighted by Gasteiger charge is 2.14. The molecule has 0 unspecified atom stereocenters. The van der Waals surface area contributed by atoms with E-state index in [1.54, 1.807) is 0 Å². The summed E-state index contributed by atoms with van der Waals surface area (Å²) >= 11 is 0. The van der Waals surface area contributed by atoms with Crippen molar-refractivity contribution < 1.29 is 4.74 Å². The fourth-order valence-corrected chi connectivity index (χ4v) is 2.86. The van der Waals surface area contributed by atoms with Crippen LogP contribution in [0.25, 0.3) is 10.9 Å². The van der Waals surface area contributed by atoms with Crippen molar-refractivity contribution in [2.75, 3.05) is 0 Å². The summed E-state index contributed by atoms with van der Waals surface area (Å²) in [6.07, 6.45) is 1.28. The number of nitrogens with one attached hydrogen (secondary N) is 1. The summed E-state index contributed by atoms with van der Waals surface area (Å²) < 4.78 is 8.39. The van der Waals surface area contributed by atoms with Crippen LogP contribution in [-0.4, -0.2) is 16.7 Å². The van der Waals surface area contributed by atoms with Crippen molar-refractivity contribution in [2.24, 2.45) is 0 Å². The maximum atomic E-state index is 6.01. The van der Waals surface area contributed by atoms with E-state index in [0.29, 0.717) is 6.04 Å². The highest BCUT2D eigenvalue weighted by molar-refractivity contribution is 5.87. The summed E-state index contributed by atoms with van der Waals surface area (Å²) in [6, 6.07) is 6.99. The molecule has 1 aromatic carbocycles. The third kappa shape index (κ3) is 3.46. The fourth-order valence-electron chi connectivity index (χ4n) is 2.86. The smallest absolute Gasteiger partial charge is 0.120 e. The number of benzene rings is 1. The van der Waals surface area contributed by atoms with Crippen molar-refractivity contribution in [2.45, 2.75) is 73.2 Å². The van der Waals surface area contributed by atoms with Crippen LogP contribution in [0.3, 0.4) is 0 Å². The van der Waals surface area contributed by atoms with Crippen molar-refractivity contribution in [3.63, 3.8) is 0 Å². The summed E-state index contributed by atoms with van der Waals surface area (Å²) in [5.41, 5.74) is 4.04. The number of fused-ring (bicyclic) bond motifs is 1. The molecule has 0 bridgehead atoms. The van der Waals surface area contributed by atoms with E-state index in [1.807, 2.05) is 0 Å². The molecular formula is C19H30N2O. The zero-order valence-corrected chi connectivity index (χ0v) is 14.9. The summed E-state index contributed by atoms with van der Waals surface area (Å²) in [5.74, 6) is 0.973. The molecule has 2 aromatic rings. The summed E-state index contributed by atoms with van der Waals surface area (Å²) in [5, 5.41) is 4.86. The molecule has 1 N–H and O–H groups in total. The molecular weight excluding hydrogens is 272 g/mol. The maximum absolute atomic E-state index is 6.01. The molecule has 0 amide bonds. The lowest BCUT2D eigenvalue weighted by Crippen LogP contribution is -2.22. The molecule has 0 spiro atoms. The van der Waals surface area contributed by atoms with Crippen molar-refractivity contribution in [1.29, 1.82) is 0 Å². The van der Waals surface area contributed by atoms with Crippen molar-refractivity contribution in [3.8, 4) is 5.75 Å². The monoisotopic (exact) mass is 302 g/mol. The van der Waals surface area contributed by atoms with E-state index >= 15 is 0 Å². The molecule has 122 valence electrons. The van der Waals surface area contributed by atoms with Crippen molar-refractivity contribution >= 4 is 10.9 Å². The second kappa shape index (κ2) is 7.19. The second-order valence-corrected chi connectivity index (χ2v) is 6.36. The van der Waals surface area contributed by atoms with Crippen LogP contribution in [0.4, 0.5) is 0 Å². The Hall–Kier alpha value is -1.48. The Morgan fingerprint density at radius 1 is 1.18 bits per heavy atom. The minimum atomic E-state index is 0.254. The Morgan fingerprint density at radius 3 is 2.50 bits per heavy atom. The quantitative estimate of drug-likeness (QED) is 0.806. The van der Waals surface area contributed by atoms with Crippen LogP contribution in [0.1, 0.15) is 52.3 Å². The van der Waals surface area contributed by atoms with Gasteiger partial charge in [-0.05, 0) is 51.0 Å². The predicted octanol–water partition coefficient (Wildman–Crippen LogP) is 4.64. The van der Waals surface area contributed by atoms with Gasteiger partial charge in [0.05, 0.1) is 6.10 Å². The van der Waals surface area contributed by atoms with Crippen LogP contribution in [0.2, 0.25) is 0 Å². The summed E-state index contributed by atoms with van der Waals surface area (Å²) in [7, 11) is 0. The summed E-state index contributed by atoms with van der Waals surface area (Å²) in [6.45, 7) is 15.0. The lowest BCUT2D eigenvalue weighted by molar-refractivity contribution is 0.217. The lowest BCUT2D eigenvalue weighted by Gasteiger charge is -2.13. The average molecular weight is 302 g/mol. The first-order chi connectivity index (χ1) is 10.5. The van der Waals surface area contributed by atoms with Crippen molar-refractivity contribution in [3.05, 3.63) is 29.5 Å². The number of aryl methyl sites for hydroxylation is 1. The predicted molar refractivity (Wildman–Crippen MR) is 94.7 cm³/mol. The Labute approximate surface area is 134 Å². The van der Waals surface area contributed by atoms with Gasteiger partial charge in [-0.1, -0.05) is 20.8 Å². The minimum absolute atomic E-state index is 0.254. The van der Waals surface area contributed by atoms with Crippen molar-refractivity contribution in [1.82, 2.24) is 9.88 Å². The van der Waals surface area contributed by atoms with Crippen LogP contribution >= 0.6 is 0 Å². The normalized spacial score (nSPS) is 13.0. The Bertz CT molecular complexity index is 628. The number of rotatable bonds is 7. The van der Waals surface area contributed by atoms with Gasteiger partial charge in [0.2, 0.25) is 0 Å². The van der Waals surface area contributed by atoms with E-state index in [2.05, 4.69) is 69.6 Å². The van der Waals surface area contributed by atoms with Crippen LogP contribution in [0.5, 0.6) is 5.75 Å². The third-order valence-electron chi connectivity index (χ3n) is 4.34. The second-order valence-electron chi connectivity index (χ2n) is 6.36. The molecule has 22 heavy (non-hydrogen) atoms. The van der Waals surface area contributed by atoms with E-state index in [9.17, 15) is 0 Å². The van der Waals surface area contributed by atoms with Crippen LogP contribution in [-0.2, 0) is 13.1 Å². The Kier molecular flexibility index (Phi) is 5.52. The minimum Gasteiger partial charge on any atom is -0.491 e. The standard InChI is InChI=1S/C19H30N2O/c1-7-14(5)22-16-9-10-19-17(11-16)18(12-20-13(3)4)15(6)21(19)8-2/h9-11,13-14,20H,7-8,12H2,1-6H3/t14-/m1/s1. The van der Waals surface area contributed by atoms with E-state index in [4.69, 9.17) is 4.74 Å². The Morgan fingerprint density at radius 2 is 1.91 bits per heavy atom. The molecule has 2 rings (SSSR count). The highest BCUT2D eigenvalue weighted by atomic mass is 16.5. The molecule has 0 aliphatic rings. The Balaban J connectivity index is 2.45. The molecule has 3 heteroatoms. The van der Waals surface area contributed by atoms with E-state index in [0.717, 1.165) is 25.3 Å². The lowest BCUT2D eigenvalue weighted by atomic mass is 10.1. The maximum Gasteiger partial charge on any atom is 0.120 e. The number of hydrogen-bond donors (Lipinski definition) is 1. The van der Waals surface area contributed by atoms with Gasteiger partial charge in [-0.3, -0.25) is 0 Å². The third-order valence-corrected chi connectivity index (χ3v) is 4.34. The van der Waals surface area contributed by atoms with Gasteiger partial charge in [-0.15, -0.1) is 0 Å². The van der Waals surface area contributed by atoms with E-state index < -0.39 is 0 Å². The van der Waals surface area contributed by atoms with Gasteiger partial charge < -0.3 is 14.6 Å². The number of aromatic nitrogens is 1. The first-order valence-corrected chi connectivity index (χ1v) is 8.49. The summed E-state index contributed by atoms with van der Waals surface area (Å²) in [4.78, 5) is 0. The van der Waals surface area contributed by atoms with Gasteiger partial charge in [-0.25, -0.2) is 0 Å². The molecule has 1 heterocycles. The zero-order chi connectivity index (χ0) is 16.3. The van der Waals surface area contributed by atoms with Gasteiger partial charge in [0.1, 0.15) is 5.75 Å². The average Bonchev–Trinajstić information content (AvgIpc) is 2.75. The van der Waals surface area contributed by atoms with Crippen LogP contribution in [0, 0.1) is 6.92 Å². The molecule has 0 fully saturated rings. The molecule has 0 radical (unpaired) electrons. The molecule has 1 atom stereocenters. The van der Waals surface area contributed by atoms with Gasteiger partial charge in [0, 0.05) is 35.7 Å². The SMILES string of the molecule is CC[C@@H](C)Oc1ccc2c(c1)c(CNC(C)C)c(C)n2CC. The topological polar surface area (TPSA) is 26.2 Å². The molecule has 0 saturated heterocycles. The molecule has 3 nitrogen and oxygen atoms in total. The van der Waals surface area contributed by atoms with Crippen LogP contribution in [0.15, 0.2) is 18.2 Å². The first-order valence-electron chi connectivity index (χ1n) is 8.49. The molecule has 1 aromatic heterocycles.